The van der Waals surface area contributed by atoms with Gasteiger partial charge in [-0.15, -0.1) is 6.58 Å². The molecule has 0 saturated heterocycles. The zero-order valence-electron chi connectivity index (χ0n) is 12.3. The first-order valence-corrected chi connectivity index (χ1v) is 7.82. The van der Waals surface area contributed by atoms with Crippen LogP contribution in [0.4, 0.5) is 0 Å². The molecule has 2 unspecified atom stereocenters. The summed E-state index contributed by atoms with van der Waals surface area (Å²) in [5.41, 5.74) is 2.22. The van der Waals surface area contributed by atoms with Gasteiger partial charge in [0.25, 0.3) is 0 Å². The molecule has 2 atom stereocenters. The van der Waals surface area contributed by atoms with Crippen LogP contribution >= 0.6 is 0 Å². The third-order valence-electron chi connectivity index (χ3n) is 4.07. The second kappa shape index (κ2) is 6.68. The summed E-state index contributed by atoms with van der Waals surface area (Å²) >= 11 is 0. The minimum atomic E-state index is -0.309. The van der Waals surface area contributed by atoms with Gasteiger partial charge in [0, 0.05) is 5.92 Å². The SMILES string of the molecule is C=CCC(O[SiH3])(c1ccccc1)C(C)c1ccccc1. The average Bonchev–Trinajstić information content (AvgIpc) is 2.54. The van der Waals surface area contributed by atoms with Crippen LogP contribution in [0.25, 0.3) is 0 Å². The number of rotatable bonds is 6. The standard InChI is InChI=1S/C18H22OSi/c1-3-14-18(19-20,17-12-8-5-9-13-17)15(2)16-10-6-4-7-11-16/h3-13,15H,1,14H2,2,20H3. The first-order chi connectivity index (χ1) is 9.74. The lowest BCUT2D eigenvalue weighted by molar-refractivity contribution is 0.0543. The van der Waals surface area contributed by atoms with Crippen LogP contribution in [0.3, 0.4) is 0 Å². The monoisotopic (exact) mass is 282 g/mol. The maximum absolute atomic E-state index is 6.15. The molecule has 0 bridgehead atoms. The van der Waals surface area contributed by atoms with Crippen molar-refractivity contribution in [1.29, 1.82) is 0 Å². The molecule has 20 heavy (non-hydrogen) atoms. The fourth-order valence-electron chi connectivity index (χ4n) is 2.87. The van der Waals surface area contributed by atoms with E-state index in [1.165, 1.54) is 11.1 Å². The highest BCUT2D eigenvalue weighted by molar-refractivity contribution is 5.98. The molecule has 1 nitrogen and oxygen atoms in total. The van der Waals surface area contributed by atoms with Crippen LogP contribution in [0.1, 0.15) is 30.4 Å². The molecule has 104 valence electrons. The summed E-state index contributed by atoms with van der Waals surface area (Å²) in [6.07, 6.45) is 2.78. The van der Waals surface area contributed by atoms with E-state index >= 15 is 0 Å². The number of hydrogen-bond acceptors (Lipinski definition) is 1. The Morgan fingerprint density at radius 2 is 1.65 bits per heavy atom. The molecule has 2 heteroatoms. The summed E-state index contributed by atoms with van der Waals surface area (Å²) in [4.78, 5) is 0. The lowest BCUT2D eigenvalue weighted by atomic mass is 9.76. The van der Waals surface area contributed by atoms with Gasteiger partial charge in [0.15, 0.2) is 0 Å². The minimum absolute atomic E-state index is 0.279. The van der Waals surface area contributed by atoms with Gasteiger partial charge in [-0.05, 0) is 17.5 Å². The molecule has 0 radical (unpaired) electrons. The molecule has 0 saturated carbocycles. The van der Waals surface area contributed by atoms with Crippen LogP contribution in [0, 0.1) is 0 Å². The van der Waals surface area contributed by atoms with Crippen molar-refractivity contribution in [3.8, 4) is 0 Å². The van der Waals surface area contributed by atoms with Gasteiger partial charge >= 0.3 is 0 Å². The summed E-state index contributed by atoms with van der Waals surface area (Å²) in [5.74, 6) is 0.279. The van der Waals surface area contributed by atoms with Gasteiger partial charge in [-0.1, -0.05) is 73.7 Å². The van der Waals surface area contributed by atoms with E-state index in [-0.39, 0.29) is 11.5 Å². The molecule has 2 aromatic carbocycles. The predicted octanol–water partition coefficient (Wildman–Crippen LogP) is 3.56. The van der Waals surface area contributed by atoms with Crippen molar-refractivity contribution < 1.29 is 4.43 Å². The molecule has 0 spiro atoms. The van der Waals surface area contributed by atoms with Gasteiger partial charge in [-0.3, -0.25) is 0 Å². The quantitative estimate of drug-likeness (QED) is 0.581. The second-order valence-corrected chi connectivity index (χ2v) is 5.49. The molecule has 2 rings (SSSR count). The zero-order chi connectivity index (χ0) is 14.4. The van der Waals surface area contributed by atoms with Gasteiger partial charge < -0.3 is 4.43 Å². The van der Waals surface area contributed by atoms with Crippen LogP contribution in [-0.2, 0) is 10.0 Å². The van der Waals surface area contributed by atoms with Crippen LogP contribution < -0.4 is 0 Å². The highest BCUT2D eigenvalue weighted by Gasteiger charge is 2.37. The Balaban J connectivity index is 2.49. The molecule has 0 aliphatic heterocycles. The van der Waals surface area contributed by atoms with Crippen molar-refractivity contribution in [3.05, 3.63) is 84.4 Å². The van der Waals surface area contributed by atoms with Gasteiger partial charge in [0.05, 0.1) is 5.60 Å². The van der Waals surface area contributed by atoms with Crippen LogP contribution in [0.15, 0.2) is 73.3 Å². The Labute approximate surface area is 124 Å². The maximum Gasteiger partial charge on any atom is 0.147 e. The van der Waals surface area contributed by atoms with Gasteiger partial charge in [0.2, 0.25) is 0 Å². The van der Waals surface area contributed by atoms with Crippen molar-refractivity contribution in [2.75, 3.05) is 0 Å². The predicted molar refractivity (Wildman–Crippen MR) is 88.8 cm³/mol. The van der Waals surface area contributed by atoms with E-state index in [4.69, 9.17) is 4.43 Å². The molecule has 0 amide bonds. The van der Waals surface area contributed by atoms with Crippen LogP contribution in [-0.4, -0.2) is 10.5 Å². The molecule has 2 aromatic rings. The Morgan fingerprint density at radius 3 is 2.15 bits per heavy atom. The lowest BCUT2D eigenvalue weighted by Crippen LogP contribution is -2.34. The molecular weight excluding hydrogens is 260 g/mol. The fourth-order valence-corrected chi connectivity index (χ4v) is 3.62. The third-order valence-corrected chi connectivity index (χ3v) is 4.80. The molecule has 0 aromatic heterocycles. The highest BCUT2D eigenvalue weighted by atomic mass is 28.2. The fraction of sp³-hybridized carbons (Fsp3) is 0.222. The summed E-state index contributed by atoms with van der Waals surface area (Å²) in [5, 5.41) is 0. The van der Waals surface area contributed by atoms with Gasteiger partial charge in [-0.2, -0.15) is 0 Å². The first kappa shape index (κ1) is 14.8. The average molecular weight is 282 g/mol. The van der Waals surface area contributed by atoms with E-state index in [1.54, 1.807) is 0 Å². The Hall–Kier alpha value is -1.64. The number of benzene rings is 2. The minimum Gasteiger partial charge on any atom is -0.418 e. The van der Waals surface area contributed by atoms with E-state index in [2.05, 4.69) is 68.1 Å². The van der Waals surface area contributed by atoms with E-state index < -0.39 is 0 Å². The smallest absolute Gasteiger partial charge is 0.147 e. The topological polar surface area (TPSA) is 9.23 Å². The van der Waals surface area contributed by atoms with E-state index in [9.17, 15) is 0 Å². The highest BCUT2D eigenvalue weighted by Crippen LogP contribution is 2.42. The van der Waals surface area contributed by atoms with Crippen LogP contribution in [0.5, 0.6) is 0 Å². The zero-order valence-corrected chi connectivity index (χ0v) is 14.3. The molecular formula is C18H22OSi. The Bertz CT molecular complexity index is 538. The second-order valence-electron chi connectivity index (χ2n) is 5.08. The molecule has 0 N–H and O–H groups in total. The van der Waals surface area contributed by atoms with E-state index in [0.29, 0.717) is 10.5 Å². The van der Waals surface area contributed by atoms with Crippen molar-refractivity contribution >= 4 is 10.5 Å². The lowest BCUT2D eigenvalue weighted by Gasteiger charge is -2.39. The van der Waals surface area contributed by atoms with E-state index in [1.807, 2.05) is 12.1 Å². The van der Waals surface area contributed by atoms with Crippen molar-refractivity contribution in [1.82, 2.24) is 0 Å². The molecule has 0 fully saturated rings. The largest absolute Gasteiger partial charge is 0.418 e. The molecule has 0 aliphatic carbocycles. The van der Waals surface area contributed by atoms with Gasteiger partial charge in [-0.25, -0.2) is 0 Å². The molecule has 0 heterocycles. The van der Waals surface area contributed by atoms with Crippen LogP contribution in [0.2, 0.25) is 0 Å². The third kappa shape index (κ3) is 2.76. The summed E-state index contributed by atoms with van der Waals surface area (Å²) in [7, 11) is 0.696. The van der Waals surface area contributed by atoms with Gasteiger partial charge in [0.1, 0.15) is 10.5 Å². The van der Waals surface area contributed by atoms with Crippen molar-refractivity contribution in [2.24, 2.45) is 0 Å². The Morgan fingerprint density at radius 1 is 1.10 bits per heavy atom. The summed E-state index contributed by atoms with van der Waals surface area (Å²) in [6.45, 7) is 6.17. The normalized spacial score (nSPS) is 15.4. The molecule has 0 aliphatic rings. The summed E-state index contributed by atoms with van der Waals surface area (Å²) < 4.78 is 6.15. The number of hydrogen-bond donors (Lipinski definition) is 0. The first-order valence-electron chi connectivity index (χ1n) is 7.01. The maximum atomic E-state index is 6.15. The van der Waals surface area contributed by atoms with Crippen molar-refractivity contribution in [3.63, 3.8) is 0 Å². The van der Waals surface area contributed by atoms with Crippen molar-refractivity contribution in [2.45, 2.75) is 24.9 Å². The Kier molecular flexibility index (Phi) is 4.93. The van der Waals surface area contributed by atoms with E-state index in [0.717, 1.165) is 6.42 Å². The summed E-state index contributed by atoms with van der Waals surface area (Å²) in [6, 6.07) is 21.1.